The first-order valence-electron chi connectivity index (χ1n) is 9.43. The van der Waals surface area contributed by atoms with Gasteiger partial charge in [0.05, 0.1) is 6.61 Å². The van der Waals surface area contributed by atoms with Crippen LogP contribution in [0.4, 0.5) is 0 Å². The van der Waals surface area contributed by atoms with Crippen molar-refractivity contribution in [3.8, 4) is 0 Å². The smallest absolute Gasteiger partial charge is 0.0684 e. The van der Waals surface area contributed by atoms with E-state index in [0.717, 1.165) is 37.9 Å². The highest BCUT2D eigenvalue weighted by Gasteiger charge is 2.18. The summed E-state index contributed by atoms with van der Waals surface area (Å²) in [7, 11) is 0. The molecule has 0 bridgehead atoms. The predicted molar refractivity (Wildman–Crippen MR) is 106 cm³/mol. The molecule has 3 N–H and O–H groups in total. The van der Waals surface area contributed by atoms with E-state index in [2.05, 4.69) is 67.3 Å². The Morgan fingerprint density at radius 2 is 1.84 bits per heavy atom. The van der Waals surface area contributed by atoms with Crippen molar-refractivity contribution in [3.63, 3.8) is 0 Å². The lowest BCUT2D eigenvalue weighted by atomic mass is 9.84. The molecule has 3 nitrogen and oxygen atoms in total. The highest BCUT2D eigenvalue weighted by Crippen LogP contribution is 2.32. The van der Waals surface area contributed by atoms with Crippen LogP contribution in [-0.2, 0) is 13.0 Å². The number of aryl methyl sites for hydroxylation is 1. The van der Waals surface area contributed by atoms with Gasteiger partial charge in [-0.15, -0.1) is 0 Å². The van der Waals surface area contributed by atoms with Crippen molar-refractivity contribution >= 4 is 0 Å². The van der Waals surface area contributed by atoms with E-state index >= 15 is 0 Å². The Bertz CT molecular complexity index is 623. The van der Waals surface area contributed by atoms with Crippen LogP contribution in [0.15, 0.2) is 48.5 Å². The molecule has 0 heterocycles. The SMILES string of the molecule is CCc1ccc(CO)c(C(CCCN(CC)CN)c2ccccc2)c1. The minimum absolute atomic E-state index is 0.0898. The van der Waals surface area contributed by atoms with Gasteiger partial charge in [-0.1, -0.05) is 62.4 Å². The normalized spacial score (nSPS) is 12.5. The number of hydrogen-bond donors (Lipinski definition) is 2. The zero-order valence-electron chi connectivity index (χ0n) is 15.6. The van der Waals surface area contributed by atoms with E-state index in [4.69, 9.17) is 5.73 Å². The van der Waals surface area contributed by atoms with Gasteiger partial charge in [-0.05, 0) is 54.6 Å². The van der Waals surface area contributed by atoms with E-state index in [0.29, 0.717) is 12.6 Å². The van der Waals surface area contributed by atoms with Gasteiger partial charge in [0, 0.05) is 12.6 Å². The minimum atomic E-state index is 0.0898. The molecule has 0 aliphatic carbocycles. The van der Waals surface area contributed by atoms with Crippen LogP contribution in [0.1, 0.15) is 54.9 Å². The molecule has 0 amide bonds. The summed E-state index contributed by atoms with van der Waals surface area (Å²) in [6.45, 7) is 7.02. The summed E-state index contributed by atoms with van der Waals surface area (Å²) in [6, 6.07) is 17.2. The van der Waals surface area contributed by atoms with Crippen LogP contribution in [0.5, 0.6) is 0 Å². The van der Waals surface area contributed by atoms with Crippen LogP contribution in [0.3, 0.4) is 0 Å². The molecule has 2 rings (SSSR count). The molecule has 2 aromatic rings. The summed E-state index contributed by atoms with van der Waals surface area (Å²) in [6.07, 6.45) is 3.16. The molecule has 0 aliphatic heterocycles. The number of aliphatic hydroxyl groups excluding tert-OH is 1. The highest BCUT2D eigenvalue weighted by atomic mass is 16.3. The second kappa shape index (κ2) is 10.3. The standard InChI is InChI=1S/C22H32N2O/c1-3-18-12-13-20(16-25)22(15-18)21(19-9-6-5-7-10-19)11-8-14-24(4-2)17-23/h5-7,9-10,12-13,15,21,25H,3-4,8,11,14,16-17,23H2,1-2H3. The first kappa shape index (κ1) is 19.6. The molecule has 1 unspecified atom stereocenters. The largest absolute Gasteiger partial charge is 0.392 e. The van der Waals surface area contributed by atoms with Crippen molar-refractivity contribution in [1.29, 1.82) is 0 Å². The molecule has 0 aliphatic rings. The molecule has 136 valence electrons. The van der Waals surface area contributed by atoms with Gasteiger partial charge in [0.1, 0.15) is 0 Å². The third kappa shape index (κ3) is 5.40. The Labute approximate surface area is 152 Å². The summed E-state index contributed by atoms with van der Waals surface area (Å²) in [5, 5.41) is 9.84. The number of benzene rings is 2. The number of hydrogen-bond acceptors (Lipinski definition) is 3. The quantitative estimate of drug-likeness (QED) is 0.645. The van der Waals surface area contributed by atoms with Crippen LogP contribution in [-0.4, -0.2) is 29.8 Å². The van der Waals surface area contributed by atoms with Crippen molar-refractivity contribution in [2.24, 2.45) is 5.73 Å². The molecule has 3 heteroatoms. The Morgan fingerprint density at radius 1 is 1.08 bits per heavy atom. The molecule has 0 saturated heterocycles. The molecule has 2 aromatic carbocycles. The van der Waals surface area contributed by atoms with Crippen LogP contribution in [0, 0.1) is 0 Å². The van der Waals surface area contributed by atoms with E-state index in [-0.39, 0.29) is 6.61 Å². The maximum Gasteiger partial charge on any atom is 0.0684 e. The van der Waals surface area contributed by atoms with Crippen LogP contribution in [0.25, 0.3) is 0 Å². The van der Waals surface area contributed by atoms with Gasteiger partial charge in [-0.2, -0.15) is 0 Å². The van der Waals surface area contributed by atoms with Crippen molar-refractivity contribution in [1.82, 2.24) is 4.90 Å². The molecule has 0 saturated carbocycles. The maximum absolute atomic E-state index is 9.84. The third-order valence-electron chi connectivity index (χ3n) is 5.04. The first-order chi connectivity index (χ1) is 12.2. The zero-order chi connectivity index (χ0) is 18.1. The Balaban J connectivity index is 2.29. The average Bonchev–Trinajstić information content (AvgIpc) is 2.68. The second-order valence-electron chi connectivity index (χ2n) is 6.54. The highest BCUT2D eigenvalue weighted by molar-refractivity contribution is 5.40. The van der Waals surface area contributed by atoms with Crippen molar-refractivity contribution in [2.45, 2.75) is 45.6 Å². The predicted octanol–water partition coefficient (Wildman–Crippen LogP) is 3.89. The molecule has 0 fully saturated rings. The maximum atomic E-state index is 9.84. The first-order valence-corrected chi connectivity index (χ1v) is 9.43. The fraction of sp³-hybridized carbons (Fsp3) is 0.455. The van der Waals surface area contributed by atoms with Gasteiger partial charge < -0.3 is 10.8 Å². The second-order valence-corrected chi connectivity index (χ2v) is 6.54. The summed E-state index contributed by atoms with van der Waals surface area (Å²) < 4.78 is 0. The zero-order valence-corrected chi connectivity index (χ0v) is 15.6. The van der Waals surface area contributed by atoms with Gasteiger partial charge in [0.25, 0.3) is 0 Å². The molecular formula is C22H32N2O. The Hall–Kier alpha value is -1.68. The summed E-state index contributed by atoms with van der Waals surface area (Å²) in [4.78, 5) is 2.26. The van der Waals surface area contributed by atoms with Crippen LogP contribution >= 0.6 is 0 Å². The van der Waals surface area contributed by atoms with E-state index in [9.17, 15) is 5.11 Å². The number of nitrogens with two attached hydrogens (primary N) is 1. The molecule has 1 atom stereocenters. The average molecular weight is 341 g/mol. The van der Waals surface area contributed by atoms with Crippen molar-refractivity contribution < 1.29 is 5.11 Å². The topological polar surface area (TPSA) is 49.5 Å². The fourth-order valence-corrected chi connectivity index (χ4v) is 3.42. The lowest BCUT2D eigenvalue weighted by Crippen LogP contribution is -2.30. The number of nitrogens with zero attached hydrogens (tertiary/aromatic N) is 1. The Kier molecular flexibility index (Phi) is 8.13. The fourth-order valence-electron chi connectivity index (χ4n) is 3.42. The minimum Gasteiger partial charge on any atom is -0.392 e. The number of aliphatic hydroxyl groups is 1. The molecular weight excluding hydrogens is 308 g/mol. The summed E-state index contributed by atoms with van der Waals surface area (Å²) in [5.41, 5.74) is 10.8. The number of rotatable bonds is 10. The van der Waals surface area contributed by atoms with Crippen LogP contribution in [0.2, 0.25) is 0 Å². The van der Waals surface area contributed by atoms with Gasteiger partial charge in [-0.3, -0.25) is 4.90 Å². The van der Waals surface area contributed by atoms with E-state index in [1.807, 2.05) is 0 Å². The van der Waals surface area contributed by atoms with Gasteiger partial charge >= 0.3 is 0 Å². The molecule has 0 radical (unpaired) electrons. The lowest BCUT2D eigenvalue weighted by Gasteiger charge is -2.24. The summed E-state index contributed by atoms with van der Waals surface area (Å²) in [5.74, 6) is 0.311. The lowest BCUT2D eigenvalue weighted by molar-refractivity contribution is 0.278. The third-order valence-corrected chi connectivity index (χ3v) is 5.04. The van der Waals surface area contributed by atoms with Crippen molar-refractivity contribution in [2.75, 3.05) is 19.8 Å². The summed E-state index contributed by atoms with van der Waals surface area (Å²) >= 11 is 0. The van der Waals surface area contributed by atoms with Gasteiger partial charge in [-0.25, -0.2) is 0 Å². The monoisotopic (exact) mass is 340 g/mol. The van der Waals surface area contributed by atoms with E-state index in [1.54, 1.807) is 0 Å². The Morgan fingerprint density at radius 3 is 2.44 bits per heavy atom. The molecule has 25 heavy (non-hydrogen) atoms. The van der Waals surface area contributed by atoms with Gasteiger partial charge in [0.2, 0.25) is 0 Å². The van der Waals surface area contributed by atoms with E-state index in [1.165, 1.54) is 16.7 Å². The van der Waals surface area contributed by atoms with E-state index < -0.39 is 0 Å². The van der Waals surface area contributed by atoms with Gasteiger partial charge in [0.15, 0.2) is 0 Å². The van der Waals surface area contributed by atoms with Crippen LogP contribution < -0.4 is 5.73 Å². The van der Waals surface area contributed by atoms with Crippen molar-refractivity contribution in [3.05, 3.63) is 70.8 Å². The molecule has 0 aromatic heterocycles. The molecule has 0 spiro atoms.